The third-order valence-corrected chi connectivity index (χ3v) is 5.92. The van der Waals surface area contributed by atoms with Gasteiger partial charge in [-0.15, -0.1) is 0 Å². The number of hydrogen-bond donors (Lipinski definition) is 2. The maximum atomic E-state index is 12.9. The van der Waals surface area contributed by atoms with Crippen LogP contribution in [0.2, 0.25) is 0 Å². The molecule has 1 aromatic heterocycles. The van der Waals surface area contributed by atoms with Gasteiger partial charge < -0.3 is 15.1 Å². The Morgan fingerprint density at radius 2 is 1.82 bits per heavy atom. The number of hydrogen-bond acceptors (Lipinski definition) is 6. The Morgan fingerprint density at radius 3 is 2.50 bits per heavy atom. The van der Waals surface area contributed by atoms with Crippen molar-refractivity contribution in [2.75, 3.05) is 13.2 Å². The Morgan fingerprint density at radius 1 is 1.05 bits per heavy atom. The van der Waals surface area contributed by atoms with Crippen molar-refractivity contribution >= 4 is 18.2 Å². The zero-order valence-electron chi connectivity index (χ0n) is 21.4. The molecule has 0 saturated carbocycles. The van der Waals surface area contributed by atoms with E-state index >= 15 is 0 Å². The minimum Gasteiger partial charge on any atom is -0.451 e. The Hall–Kier alpha value is -4.42. The lowest BCUT2D eigenvalue weighted by Crippen LogP contribution is -2.43. The second-order valence-corrected chi connectivity index (χ2v) is 8.73. The number of hydroxylamine groups is 2. The smallest absolute Gasteiger partial charge is 0.288 e. The van der Waals surface area contributed by atoms with Crippen LogP contribution < -0.4 is 10.6 Å². The van der Waals surface area contributed by atoms with Crippen LogP contribution in [-0.4, -0.2) is 36.5 Å². The summed E-state index contributed by atoms with van der Waals surface area (Å²) in [6.07, 6.45) is 3.95. The number of unbranched alkanes of at least 4 members (excludes halogenated alkanes) is 2. The number of benzene rings is 2. The molecule has 0 radical (unpaired) electrons. The molecule has 9 heteroatoms. The molecule has 38 heavy (non-hydrogen) atoms. The van der Waals surface area contributed by atoms with Gasteiger partial charge in [0.25, 0.3) is 5.91 Å². The van der Waals surface area contributed by atoms with Crippen molar-refractivity contribution in [2.24, 2.45) is 5.92 Å². The van der Waals surface area contributed by atoms with Gasteiger partial charge in [-0.3, -0.25) is 19.2 Å². The third-order valence-electron chi connectivity index (χ3n) is 5.92. The first-order valence-corrected chi connectivity index (χ1v) is 12.6. The molecule has 0 aliphatic heterocycles. The fraction of sp³-hybridized carbons (Fsp3) is 0.310. The molecule has 1 atom stereocenters. The highest BCUT2D eigenvalue weighted by Gasteiger charge is 2.22. The fourth-order valence-corrected chi connectivity index (χ4v) is 3.79. The lowest BCUT2D eigenvalue weighted by molar-refractivity contribution is -0.182. The molecule has 0 spiro atoms. The highest BCUT2D eigenvalue weighted by atomic mass is 16.7. The summed E-state index contributed by atoms with van der Waals surface area (Å²) in [5.41, 5.74) is 2.18. The number of rotatable bonds is 15. The van der Waals surface area contributed by atoms with E-state index in [0.29, 0.717) is 24.2 Å². The molecule has 9 nitrogen and oxygen atoms in total. The maximum Gasteiger partial charge on any atom is 0.288 e. The molecule has 2 N–H and O–H groups in total. The van der Waals surface area contributed by atoms with Crippen molar-refractivity contribution in [3.63, 3.8) is 0 Å². The van der Waals surface area contributed by atoms with E-state index in [2.05, 4.69) is 23.6 Å². The van der Waals surface area contributed by atoms with E-state index in [1.807, 2.05) is 30.3 Å². The van der Waals surface area contributed by atoms with Gasteiger partial charge in [0.1, 0.15) is 12.4 Å². The normalized spacial score (nSPS) is 11.3. The summed E-state index contributed by atoms with van der Waals surface area (Å²) in [5.74, 6) is -0.669. The maximum absolute atomic E-state index is 12.9. The van der Waals surface area contributed by atoms with Crippen LogP contribution in [0.4, 0.5) is 0 Å². The van der Waals surface area contributed by atoms with E-state index in [1.54, 1.807) is 36.4 Å². The molecule has 3 aromatic rings. The van der Waals surface area contributed by atoms with Crippen LogP contribution in [0.1, 0.15) is 54.3 Å². The van der Waals surface area contributed by atoms with Gasteiger partial charge in [-0.25, -0.2) is 5.06 Å². The van der Waals surface area contributed by atoms with Gasteiger partial charge in [-0.2, -0.15) is 5.26 Å². The Labute approximate surface area is 222 Å². The van der Waals surface area contributed by atoms with Gasteiger partial charge in [0.15, 0.2) is 5.76 Å². The predicted octanol–water partition coefficient (Wildman–Crippen LogP) is 4.41. The first kappa shape index (κ1) is 28.2. The molecule has 0 aliphatic carbocycles. The first-order chi connectivity index (χ1) is 18.5. The fourth-order valence-electron chi connectivity index (χ4n) is 3.79. The van der Waals surface area contributed by atoms with Crippen molar-refractivity contribution < 1.29 is 23.6 Å². The van der Waals surface area contributed by atoms with Gasteiger partial charge >= 0.3 is 0 Å². The minimum absolute atomic E-state index is 0.0964. The molecular formula is C29H32N4O5. The number of nitrogens with zero attached hydrogens (tertiary/aromatic N) is 2. The topological polar surface area (TPSA) is 125 Å². The average molecular weight is 517 g/mol. The summed E-state index contributed by atoms with van der Waals surface area (Å²) < 4.78 is 5.64. The van der Waals surface area contributed by atoms with E-state index in [0.717, 1.165) is 35.5 Å². The monoisotopic (exact) mass is 516 g/mol. The average Bonchev–Trinajstić information content (AvgIpc) is 3.45. The second kappa shape index (κ2) is 15.0. The SMILES string of the molecule is CCCCC[C@H](CN(C=O)OCc1ccccc1)C(=O)NCNC(=O)c1ccc(-c2ccc(C#N)cc2)o1. The number of carbonyl (C=O) groups is 3. The Bertz CT molecular complexity index is 1220. The number of nitrogens with one attached hydrogen (secondary N) is 2. The zero-order valence-corrected chi connectivity index (χ0v) is 21.4. The molecule has 1 heterocycles. The number of carbonyl (C=O) groups excluding carboxylic acids is 3. The van der Waals surface area contributed by atoms with E-state index in [4.69, 9.17) is 14.5 Å². The summed E-state index contributed by atoms with van der Waals surface area (Å²) in [6.45, 7) is 2.30. The van der Waals surface area contributed by atoms with Crippen LogP contribution in [0.25, 0.3) is 11.3 Å². The summed E-state index contributed by atoms with van der Waals surface area (Å²) >= 11 is 0. The number of furan rings is 1. The summed E-state index contributed by atoms with van der Waals surface area (Å²) in [5, 5.41) is 15.4. The van der Waals surface area contributed by atoms with Gasteiger partial charge in [-0.05, 0) is 48.4 Å². The largest absolute Gasteiger partial charge is 0.451 e. The lowest BCUT2D eigenvalue weighted by atomic mass is 10.0. The molecule has 0 fully saturated rings. The van der Waals surface area contributed by atoms with E-state index in [9.17, 15) is 14.4 Å². The number of amides is 3. The van der Waals surface area contributed by atoms with Crippen molar-refractivity contribution in [2.45, 2.75) is 39.2 Å². The standard InChI is InChI=1S/C29H32N4O5/c1-2-3-5-10-25(18-33(21-34)37-19-23-8-6-4-7-9-23)28(35)31-20-32-29(36)27-16-15-26(38-27)24-13-11-22(17-30)12-14-24/h4,6-9,11-16,21,25H,2-3,5,10,18-20H2,1H3,(H,31,35)(H,32,36)/t25-/m1/s1. The second-order valence-electron chi connectivity index (χ2n) is 8.73. The molecule has 0 bridgehead atoms. The minimum atomic E-state index is -0.494. The Balaban J connectivity index is 1.51. The van der Waals surface area contributed by atoms with Crippen LogP contribution >= 0.6 is 0 Å². The Kier molecular flexibility index (Phi) is 11.1. The van der Waals surface area contributed by atoms with Crippen LogP contribution in [0.5, 0.6) is 0 Å². The molecule has 0 unspecified atom stereocenters. The van der Waals surface area contributed by atoms with Gasteiger partial charge in [0, 0.05) is 5.56 Å². The van der Waals surface area contributed by atoms with E-state index in [-0.39, 0.29) is 31.5 Å². The van der Waals surface area contributed by atoms with Crippen molar-refractivity contribution in [3.05, 3.63) is 83.6 Å². The number of nitriles is 1. The zero-order chi connectivity index (χ0) is 27.2. The van der Waals surface area contributed by atoms with Crippen molar-refractivity contribution in [1.29, 1.82) is 5.26 Å². The van der Waals surface area contributed by atoms with Gasteiger partial charge in [0.05, 0.1) is 30.8 Å². The highest BCUT2D eigenvalue weighted by Crippen LogP contribution is 2.22. The summed E-state index contributed by atoms with van der Waals surface area (Å²) in [4.78, 5) is 42.6. The summed E-state index contributed by atoms with van der Waals surface area (Å²) in [7, 11) is 0. The van der Waals surface area contributed by atoms with Crippen LogP contribution in [-0.2, 0) is 21.0 Å². The van der Waals surface area contributed by atoms with Crippen LogP contribution in [0.3, 0.4) is 0 Å². The van der Waals surface area contributed by atoms with Gasteiger partial charge in [-0.1, -0.05) is 56.5 Å². The third kappa shape index (κ3) is 8.61. The summed E-state index contributed by atoms with van der Waals surface area (Å²) in [6, 6.07) is 21.5. The first-order valence-electron chi connectivity index (χ1n) is 12.6. The van der Waals surface area contributed by atoms with Crippen LogP contribution in [0.15, 0.2) is 71.1 Å². The molecule has 0 aliphatic rings. The molecular weight excluding hydrogens is 484 g/mol. The quantitative estimate of drug-likeness (QED) is 0.133. The highest BCUT2D eigenvalue weighted by molar-refractivity contribution is 5.92. The van der Waals surface area contributed by atoms with Crippen molar-refractivity contribution in [1.82, 2.24) is 15.7 Å². The van der Waals surface area contributed by atoms with Crippen LogP contribution in [0, 0.1) is 17.2 Å². The molecule has 3 amide bonds. The van der Waals surface area contributed by atoms with Crippen molar-refractivity contribution in [3.8, 4) is 17.4 Å². The molecule has 198 valence electrons. The molecule has 0 saturated heterocycles. The van der Waals surface area contributed by atoms with E-state index in [1.165, 1.54) is 0 Å². The molecule has 2 aromatic carbocycles. The lowest BCUT2D eigenvalue weighted by Gasteiger charge is -2.23. The van der Waals surface area contributed by atoms with Gasteiger partial charge in [0.2, 0.25) is 12.3 Å². The van der Waals surface area contributed by atoms with E-state index < -0.39 is 11.8 Å². The predicted molar refractivity (Wildman–Crippen MR) is 141 cm³/mol. The molecule has 3 rings (SSSR count).